The SMILES string of the molecule is COCC(C)CC(=O)N1C(C)CNCC1C. The molecule has 16 heavy (non-hydrogen) atoms. The van der Waals surface area contributed by atoms with Crippen LogP contribution in [0.15, 0.2) is 0 Å². The molecule has 0 radical (unpaired) electrons. The first-order valence-corrected chi connectivity index (χ1v) is 6.07. The summed E-state index contributed by atoms with van der Waals surface area (Å²) in [7, 11) is 1.68. The lowest BCUT2D eigenvalue weighted by Crippen LogP contribution is -2.57. The van der Waals surface area contributed by atoms with Gasteiger partial charge in [-0.05, 0) is 19.8 Å². The fourth-order valence-electron chi connectivity index (χ4n) is 2.37. The number of carbonyl (C=O) groups excluding carboxylic acids is 1. The van der Waals surface area contributed by atoms with Gasteiger partial charge in [0, 0.05) is 45.3 Å². The highest BCUT2D eigenvalue weighted by molar-refractivity contribution is 5.77. The van der Waals surface area contributed by atoms with Crippen molar-refractivity contribution >= 4 is 5.91 Å². The third kappa shape index (κ3) is 3.46. The zero-order valence-corrected chi connectivity index (χ0v) is 10.8. The Balaban J connectivity index is 2.50. The second-order valence-corrected chi connectivity index (χ2v) is 4.92. The first-order valence-electron chi connectivity index (χ1n) is 6.07. The fraction of sp³-hybridized carbons (Fsp3) is 0.917. The van der Waals surface area contributed by atoms with E-state index in [0.29, 0.717) is 31.0 Å². The molecule has 1 fully saturated rings. The molecule has 1 aliphatic heterocycles. The summed E-state index contributed by atoms with van der Waals surface area (Å²) in [5.74, 6) is 0.554. The molecule has 1 amide bonds. The maximum atomic E-state index is 12.1. The van der Waals surface area contributed by atoms with E-state index in [1.807, 2.05) is 4.90 Å². The lowest BCUT2D eigenvalue weighted by molar-refractivity contribution is -0.137. The lowest BCUT2D eigenvalue weighted by Gasteiger charge is -2.40. The molecule has 0 spiro atoms. The van der Waals surface area contributed by atoms with Crippen LogP contribution in [0.3, 0.4) is 0 Å². The normalized spacial score (nSPS) is 27.9. The summed E-state index contributed by atoms with van der Waals surface area (Å²) < 4.78 is 5.06. The number of carbonyl (C=O) groups is 1. The highest BCUT2D eigenvalue weighted by Crippen LogP contribution is 2.14. The van der Waals surface area contributed by atoms with E-state index in [2.05, 4.69) is 26.1 Å². The summed E-state index contributed by atoms with van der Waals surface area (Å²) in [6.07, 6.45) is 0.586. The van der Waals surface area contributed by atoms with E-state index in [1.165, 1.54) is 0 Å². The molecular formula is C12H24N2O2. The van der Waals surface area contributed by atoms with Crippen LogP contribution in [-0.4, -0.2) is 49.7 Å². The Morgan fingerprint density at radius 3 is 2.50 bits per heavy atom. The highest BCUT2D eigenvalue weighted by Gasteiger charge is 2.29. The molecule has 1 N–H and O–H groups in total. The van der Waals surface area contributed by atoms with Crippen molar-refractivity contribution < 1.29 is 9.53 Å². The maximum absolute atomic E-state index is 12.1. The van der Waals surface area contributed by atoms with Crippen LogP contribution in [-0.2, 0) is 9.53 Å². The van der Waals surface area contributed by atoms with Crippen LogP contribution in [0.25, 0.3) is 0 Å². The van der Waals surface area contributed by atoms with Crippen molar-refractivity contribution in [3.63, 3.8) is 0 Å². The molecule has 1 saturated heterocycles. The van der Waals surface area contributed by atoms with Gasteiger partial charge in [-0.15, -0.1) is 0 Å². The van der Waals surface area contributed by atoms with Gasteiger partial charge in [0.1, 0.15) is 0 Å². The molecule has 4 nitrogen and oxygen atoms in total. The van der Waals surface area contributed by atoms with Crippen molar-refractivity contribution in [2.45, 2.75) is 39.3 Å². The zero-order chi connectivity index (χ0) is 12.1. The number of hydrogen-bond donors (Lipinski definition) is 1. The predicted octanol–water partition coefficient (Wildman–Crippen LogP) is 0.868. The Hall–Kier alpha value is -0.610. The Bertz CT molecular complexity index is 223. The van der Waals surface area contributed by atoms with Crippen LogP contribution < -0.4 is 5.32 Å². The van der Waals surface area contributed by atoms with E-state index in [1.54, 1.807) is 7.11 Å². The van der Waals surface area contributed by atoms with Gasteiger partial charge in [0.2, 0.25) is 5.91 Å². The molecule has 4 heteroatoms. The van der Waals surface area contributed by atoms with Gasteiger partial charge in [-0.3, -0.25) is 4.79 Å². The summed E-state index contributed by atoms with van der Waals surface area (Å²) in [6.45, 7) is 8.70. The number of nitrogens with one attached hydrogen (secondary N) is 1. The third-order valence-corrected chi connectivity index (χ3v) is 3.09. The minimum Gasteiger partial charge on any atom is -0.384 e. The fourth-order valence-corrected chi connectivity index (χ4v) is 2.37. The molecular weight excluding hydrogens is 204 g/mol. The van der Waals surface area contributed by atoms with Gasteiger partial charge < -0.3 is 15.0 Å². The van der Waals surface area contributed by atoms with Crippen molar-refractivity contribution in [1.82, 2.24) is 10.2 Å². The molecule has 0 saturated carbocycles. The molecule has 94 valence electrons. The molecule has 0 aliphatic carbocycles. The largest absolute Gasteiger partial charge is 0.384 e. The molecule has 0 aromatic heterocycles. The van der Waals surface area contributed by atoms with Crippen LogP contribution in [0.1, 0.15) is 27.2 Å². The summed E-state index contributed by atoms with van der Waals surface area (Å²) >= 11 is 0. The molecule has 1 rings (SSSR count). The van der Waals surface area contributed by atoms with Crippen LogP contribution in [0, 0.1) is 5.92 Å². The van der Waals surface area contributed by atoms with Crippen molar-refractivity contribution in [1.29, 1.82) is 0 Å². The zero-order valence-electron chi connectivity index (χ0n) is 10.8. The van der Waals surface area contributed by atoms with Crippen LogP contribution in [0.4, 0.5) is 0 Å². The predicted molar refractivity (Wildman–Crippen MR) is 64.3 cm³/mol. The smallest absolute Gasteiger partial charge is 0.223 e. The van der Waals surface area contributed by atoms with Gasteiger partial charge in [0.15, 0.2) is 0 Å². The molecule has 3 atom stereocenters. The van der Waals surface area contributed by atoms with Gasteiger partial charge in [-0.1, -0.05) is 6.92 Å². The lowest BCUT2D eigenvalue weighted by atomic mass is 10.0. The van der Waals surface area contributed by atoms with Gasteiger partial charge >= 0.3 is 0 Å². The molecule has 0 aromatic rings. The van der Waals surface area contributed by atoms with Crippen molar-refractivity contribution in [2.24, 2.45) is 5.92 Å². The molecule has 0 aromatic carbocycles. The average Bonchev–Trinajstić information content (AvgIpc) is 2.17. The van der Waals surface area contributed by atoms with E-state index in [4.69, 9.17) is 4.74 Å². The van der Waals surface area contributed by atoms with E-state index in [9.17, 15) is 4.79 Å². The summed E-state index contributed by atoms with van der Waals surface area (Å²) in [5, 5.41) is 3.33. The van der Waals surface area contributed by atoms with Crippen LogP contribution in [0.5, 0.6) is 0 Å². The minimum atomic E-state index is 0.256. The number of hydrogen-bond acceptors (Lipinski definition) is 3. The second-order valence-electron chi connectivity index (χ2n) is 4.92. The Labute approximate surface area is 98.3 Å². The molecule has 1 heterocycles. The van der Waals surface area contributed by atoms with Crippen LogP contribution in [0.2, 0.25) is 0 Å². The number of rotatable bonds is 4. The summed E-state index contributed by atoms with van der Waals surface area (Å²) in [6, 6.07) is 0.594. The number of piperazine rings is 1. The van der Waals surface area contributed by atoms with Crippen molar-refractivity contribution in [2.75, 3.05) is 26.8 Å². The number of nitrogens with zero attached hydrogens (tertiary/aromatic N) is 1. The molecule has 3 unspecified atom stereocenters. The topological polar surface area (TPSA) is 41.6 Å². The molecule has 0 bridgehead atoms. The Morgan fingerprint density at radius 1 is 1.44 bits per heavy atom. The number of ether oxygens (including phenoxy) is 1. The maximum Gasteiger partial charge on any atom is 0.223 e. The Morgan fingerprint density at radius 2 is 2.00 bits per heavy atom. The van der Waals surface area contributed by atoms with Crippen molar-refractivity contribution in [3.05, 3.63) is 0 Å². The molecule has 1 aliphatic rings. The second kappa shape index (κ2) is 6.21. The summed E-state index contributed by atoms with van der Waals surface area (Å²) in [4.78, 5) is 14.2. The van der Waals surface area contributed by atoms with Gasteiger partial charge in [0.05, 0.1) is 0 Å². The first-order chi connectivity index (χ1) is 7.56. The average molecular weight is 228 g/mol. The highest BCUT2D eigenvalue weighted by atomic mass is 16.5. The van der Waals surface area contributed by atoms with Gasteiger partial charge in [0.25, 0.3) is 0 Å². The standard InChI is InChI=1S/C12H24N2O2/c1-9(8-16-4)5-12(15)14-10(2)6-13-7-11(14)3/h9-11,13H,5-8H2,1-4H3. The minimum absolute atomic E-state index is 0.256. The van der Waals surface area contributed by atoms with E-state index in [-0.39, 0.29) is 5.91 Å². The number of methoxy groups -OCH3 is 1. The van der Waals surface area contributed by atoms with Crippen molar-refractivity contribution in [3.8, 4) is 0 Å². The van der Waals surface area contributed by atoms with E-state index >= 15 is 0 Å². The quantitative estimate of drug-likeness (QED) is 0.776. The first kappa shape index (κ1) is 13.5. The monoisotopic (exact) mass is 228 g/mol. The number of amides is 1. The Kier molecular flexibility index (Phi) is 5.22. The van der Waals surface area contributed by atoms with E-state index in [0.717, 1.165) is 13.1 Å². The summed E-state index contributed by atoms with van der Waals surface area (Å²) in [5.41, 5.74) is 0. The van der Waals surface area contributed by atoms with Gasteiger partial charge in [-0.2, -0.15) is 0 Å². The van der Waals surface area contributed by atoms with Crippen LogP contribution >= 0.6 is 0 Å². The van der Waals surface area contributed by atoms with Gasteiger partial charge in [-0.25, -0.2) is 0 Å². The third-order valence-electron chi connectivity index (χ3n) is 3.09. The van der Waals surface area contributed by atoms with E-state index < -0.39 is 0 Å².